The number of rotatable bonds is 3. The van der Waals surface area contributed by atoms with E-state index in [0.717, 1.165) is 41.5 Å². The highest BCUT2D eigenvalue weighted by Crippen LogP contribution is 2.35. The number of hydrogen-bond donors (Lipinski definition) is 1. The third-order valence-electron chi connectivity index (χ3n) is 5.13. The Balaban J connectivity index is 1.57. The lowest BCUT2D eigenvalue weighted by molar-refractivity contribution is 0.0527. The molecule has 1 amide bonds. The van der Waals surface area contributed by atoms with Gasteiger partial charge in [-0.05, 0) is 37.0 Å². The maximum absolute atomic E-state index is 13.0. The summed E-state index contributed by atoms with van der Waals surface area (Å²) < 4.78 is 11.2. The molecule has 26 heavy (non-hydrogen) atoms. The maximum atomic E-state index is 13.0. The molecule has 0 unspecified atom stereocenters. The van der Waals surface area contributed by atoms with E-state index >= 15 is 0 Å². The van der Waals surface area contributed by atoms with E-state index in [1.807, 2.05) is 28.5 Å². The zero-order chi connectivity index (χ0) is 18.1. The van der Waals surface area contributed by atoms with Gasteiger partial charge in [0.1, 0.15) is 23.9 Å². The van der Waals surface area contributed by atoms with Gasteiger partial charge in [-0.2, -0.15) is 0 Å². The molecule has 0 bridgehead atoms. The van der Waals surface area contributed by atoms with Crippen molar-refractivity contribution in [2.24, 2.45) is 11.7 Å². The summed E-state index contributed by atoms with van der Waals surface area (Å²) in [6.07, 6.45) is 2.13. The van der Waals surface area contributed by atoms with Gasteiger partial charge in [0.15, 0.2) is 11.5 Å². The van der Waals surface area contributed by atoms with Crippen molar-refractivity contribution in [1.82, 2.24) is 9.88 Å². The predicted octanol–water partition coefficient (Wildman–Crippen LogP) is 2.78. The van der Waals surface area contributed by atoms with Crippen molar-refractivity contribution in [3.63, 3.8) is 0 Å². The lowest BCUT2D eigenvalue weighted by Crippen LogP contribution is -2.51. The van der Waals surface area contributed by atoms with Crippen LogP contribution in [0, 0.1) is 5.92 Å². The Kier molecular flexibility index (Phi) is 4.82. The fourth-order valence-corrected chi connectivity index (χ4v) is 4.48. The van der Waals surface area contributed by atoms with Gasteiger partial charge in [-0.15, -0.1) is 11.3 Å². The molecular weight excluding hydrogens is 350 g/mol. The first kappa shape index (κ1) is 17.3. The van der Waals surface area contributed by atoms with Gasteiger partial charge < -0.3 is 20.1 Å². The average Bonchev–Trinajstić information content (AvgIpc) is 3.17. The monoisotopic (exact) mass is 373 g/mol. The van der Waals surface area contributed by atoms with Crippen LogP contribution in [0.5, 0.6) is 11.5 Å². The Morgan fingerprint density at radius 3 is 2.96 bits per heavy atom. The first-order valence-electron chi connectivity index (χ1n) is 9.04. The molecule has 1 aromatic carbocycles. The standard InChI is InChI=1S/C19H23N3O3S/c1-12-3-2-6-22(15(12)10-20)19(23)14-11-26-18(21-14)13-4-5-16-17(9-13)25-8-7-24-16/h4-5,9,11-12,15H,2-3,6-8,10,20H2,1H3/t12-,15-/m1/s1. The molecule has 6 nitrogen and oxygen atoms in total. The quantitative estimate of drug-likeness (QED) is 0.895. The molecule has 7 heteroatoms. The molecule has 1 fully saturated rings. The molecule has 0 spiro atoms. The summed E-state index contributed by atoms with van der Waals surface area (Å²) in [7, 11) is 0. The highest BCUT2D eigenvalue weighted by atomic mass is 32.1. The van der Waals surface area contributed by atoms with Gasteiger partial charge >= 0.3 is 0 Å². The van der Waals surface area contributed by atoms with Crippen LogP contribution in [-0.2, 0) is 0 Å². The number of fused-ring (bicyclic) bond motifs is 1. The topological polar surface area (TPSA) is 77.7 Å². The molecule has 3 heterocycles. The van der Waals surface area contributed by atoms with Crippen LogP contribution in [0.2, 0.25) is 0 Å². The lowest BCUT2D eigenvalue weighted by Gasteiger charge is -2.39. The van der Waals surface area contributed by atoms with Crippen molar-refractivity contribution < 1.29 is 14.3 Å². The number of hydrogen-bond acceptors (Lipinski definition) is 6. The zero-order valence-corrected chi connectivity index (χ0v) is 15.6. The Hall–Kier alpha value is -2.12. The maximum Gasteiger partial charge on any atom is 0.273 e. The minimum atomic E-state index is -0.0213. The van der Waals surface area contributed by atoms with Crippen molar-refractivity contribution >= 4 is 17.2 Å². The van der Waals surface area contributed by atoms with Gasteiger partial charge in [-0.1, -0.05) is 6.92 Å². The highest BCUT2D eigenvalue weighted by molar-refractivity contribution is 7.13. The summed E-state index contributed by atoms with van der Waals surface area (Å²) in [5.41, 5.74) is 7.35. The summed E-state index contributed by atoms with van der Waals surface area (Å²) in [4.78, 5) is 19.4. The van der Waals surface area contributed by atoms with Gasteiger partial charge in [0.2, 0.25) is 0 Å². The molecule has 0 radical (unpaired) electrons. The molecule has 0 saturated carbocycles. The number of nitrogens with zero attached hydrogens (tertiary/aromatic N) is 2. The third kappa shape index (κ3) is 3.17. The minimum Gasteiger partial charge on any atom is -0.486 e. The predicted molar refractivity (Wildman–Crippen MR) is 101 cm³/mol. The SMILES string of the molecule is C[C@@H]1CCCN(C(=O)c2csc(-c3ccc4c(c3)OCCO4)n2)[C@@H]1CN. The second-order valence-electron chi connectivity index (χ2n) is 6.82. The molecule has 2 aliphatic rings. The minimum absolute atomic E-state index is 0.0213. The van der Waals surface area contributed by atoms with E-state index in [4.69, 9.17) is 15.2 Å². The molecule has 2 aromatic rings. The van der Waals surface area contributed by atoms with Crippen LogP contribution in [0.15, 0.2) is 23.6 Å². The molecule has 4 rings (SSSR count). The van der Waals surface area contributed by atoms with Crippen LogP contribution in [0.25, 0.3) is 10.6 Å². The number of benzene rings is 1. The first-order valence-corrected chi connectivity index (χ1v) is 9.92. The summed E-state index contributed by atoms with van der Waals surface area (Å²) in [6, 6.07) is 5.86. The molecular formula is C19H23N3O3S. The number of carbonyl (C=O) groups excluding carboxylic acids is 1. The number of aromatic nitrogens is 1. The number of nitrogens with two attached hydrogens (primary N) is 1. The van der Waals surface area contributed by atoms with Crippen molar-refractivity contribution in [2.75, 3.05) is 26.3 Å². The van der Waals surface area contributed by atoms with Crippen molar-refractivity contribution in [2.45, 2.75) is 25.8 Å². The van der Waals surface area contributed by atoms with E-state index in [2.05, 4.69) is 11.9 Å². The fourth-order valence-electron chi connectivity index (χ4n) is 3.69. The second kappa shape index (κ2) is 7.25. The number of ether oxygens (including phenoxy) is 2. The smallest absolute Gasteiger partial charge is 0.273 e. The van der Waals surface area contributed by atoms with E-state index in [1.54, 1.807) is 0 Å². The van der Waals surface area contributed by atoms with Crippen LogP contribution in [0.3, 0.4) is 0 Å². The van der Waals surface area contributed by atoms with E-state index in [1.165, 1.54) is 11.3 Å². The molecule has 0 aliphatic carbocycles. The first-order chi connectivity index (χ1) is 12.7. The van der Waals surface area contributed by atoms with Crippen molar-refractivity contribution in [3.8, 4) is 22.1 Å². The zero-order valence-electron chi connectivity index (χ0n) is 14.8. The normalized spacial score (nSPS) is 22.3. The van der Waals surface area contributed by atoms with Crippen LogP contribution in [0.4, 0.5) is 0 Å². The molecule has 2 N–H and O–H groups in total. The van der Waals surface area contributed by atoms with E-state index in [-0.39, 0.29) is 11.9 Å². The van der Waals surface area contributed by atoms with Gasteiger partial charge in [0.25, 0.3) is 5.91 Å². The van der Waals surface area contributed by atoms with E-state index in [9.17, 15) is 4.79 Å². The number of carbonyl (C=O) groups is 1. The molecule has 1 saturated heterocycles. The summed E-state index contributed by atoms with van der Waals surface area (Å²) in [6.45, 7) is 4.52. The summed E-state index contributed by atoms with van der Waals surface area (Å²) in [5, 5.41) is 2.64. The second-order valence-corrected chi connectivity index (χ2v) is 7.68. The van der Waals surface area contributed by atoms with Crippen LogP contribution < -0.4 is 15.2 Å². The van der Waals surface area contributed by atoms with Crippen molar-refractivity contribution in [1.29, 1.82) is 0 Å². The number of amides is 1. The van der Waals surface area contributed by atoms with Gasteiger partial charge in [-0.3, -0.25) is 4.79 Å². The summed E-state index contributed by atoms with van der Waals surface area (Å²) in [5.74, 6) is 1.88. The third-order valence-corrected chi connectivity index (χ3v) is 6.02. The molecule has 2 atom stereocenters. The van der Waals surface area contributed by atoms with Crippen LogP contribution in [0.1, 0.15) is 30.3 Å². The van der Waals surface area contributed by atoms with Crippen molar-refractivity contribution in [3.05, 3.63) is 29.3 Å². The highest BCUT2D eigenvalue weighted by Gasteiger charge is 2.32. The molecule has 2 aliphatic heterocycles. The molecule has 1 aromatic heterocycles. The Labute approximate surface area is 156 Å². The molecule has 138 valence electrons. The van der Waals surface area contributed by atoms with Gasteiger partial charge in [0, 0.05) is 30.1 Å². The fraction of sp³-hybridized carbons (Fsp3) is 0.474. The Bertz CT molecular complexity index is 807. The number of likely N-dealkylation sites (tertiary alicyclic amines) is 1. The van der Waals surface area contributed by atoms with Crippen LogP contribution in [-0.4, -0.2) is 48.1 Å². The number of thiazole rings is 1. The summed E-state index contributed by atoms with van der Waals surface area (Å²) >= 11 is 1.47. The Morgan fingerprint density at radius 2 is 2.15 bits per heavy atom. The number of piperidine rings is 1. The van der Waals surface area contributed by atoms with Gasteiger partial charge in [-0.25, -0.2) is 4.98 Å². The van der Waals surface area contributed by atoms with E-state index < -0.39 is 0 Å². The van der Waals surface area contributed by atoms with Gasteiger partial charge in [0.05, 0.1) is 0 Å². The lowest BCUT2D eigenvalue weighted by atomic mass is 9.90. The van der Waals surface area contributed by atoms with E-state index in [0.29, 0.717) is 31.4 Å². The Morgan fingerprint density at radius 1 is 1.35 bits per heavy atom. The largest absolute Gasteiger partial charge is 0.486 e. The average molecular weight is 373 g/mol. The van der Waals surface area contributed by atoms with Crippen LogP contribution >= 0.6 is 11.3 Å².